The summed E-state index contributed by atoms with van der Waals surface area (Å²) < 4.78 is 0. The number of aromatic nitrogens is 1. The predicted octanol–water partition coefficient (Wildman–Crippen LogP) is 3.03. The standard InChI is InChI=1S/C13H15ClN4S/c1-8-17-10(7-19-8)6-18(2)12-4-3-9(13(15)16)5-11(12)14/h3-5,7H,6H2,1-2H3,(H3,15,16). The van der Waals surface area contributed by atoms with Crippen molar-refractivity contribution in [3.8, 4) is 0 Å². The Morgan fingerprint density at radius 1 is 1.53 bits per heavy atom. The van der Waals surface area contributed by atoms with Gasteiger partial charge in [0.05, 0.1) is 28.0 Å². The lowest BCUT2D eigenvalue weighted by atomic mass is 10.2. The van der Waals surface area contributed by atoms with E-state index >= 15 is 0 Å². The topological polar surface area (TPSA) is 66.0 Å². The first-order valence-corrected chi connectivity index (χ1v) is 6.99. The minimum absolute atomic E-state index is 0.0197. The molecule has 0 saturated heterocycles. The van der Waals surface area contributed by atoms with Gasteiger partial charge < -0.3 is 10.6 Å². The van der Waals surface area contributed by atoms with Crippen molar-refractivity contribution in [3.63, 3.8) is 0 Å². The van der Waals surface area contributed by atoms with Crippen LogP contribution in [0.25, 0.3) is 0 Å². The van der Waals surface area contributed by atoms with E-state index in [1.165, 1.54) is 0 Å². The van der Waals surface area contributed by atoms with E-state index in [2.05, 4.69) is 4.98 Å². The minimum atomic E-state index is 0.0197. The summed E-state index contributed by atoms with van der Waals surface area (Å²) in [6, 6.07) is 5.38. The molecule has 0 amide bonds. The van der Waals surface area contributed by atoms with Crippen molar-refractivity contribution in [1.29, 1.82) is 5.41 Å². The number of nitrogens with zero attached hydrogens (tertiary/aromatic N) is 2. The number of amidine groups is 1. The van der Waals surface area contributed by atoms with Crippen LogP contribution in [-0.4, -0.2) is 17.9 Å². The SMILES string of the molecule is Cc1nc(CN(C)c2ccc(C(=N)N)cc2Cl)cs1. The molecule has 100 valence electrons. The largest absolute Gasteiger partial charge is 0.384 e. The van der Waals surface area contributed by atoms with Crippen LogP contribution in [0.1, 0.15) is 16.3 Å². The van der Waals surface area contributed by atoms with Crippen molar-refractivity contribution in [3.05, 3.63) is 44.9 Å². The lowest BCUT2D eigenvalue weighted by molar-refractivity contribution is 0.890. The maximum Gasteiger partial charge on any atom is 0.122 e. The number of thiazole rings is 1. The highest BCUT2D eigenvalue weighted by atomic mass is 35.5. The highest BCUT2D eigenvalue weighted by Gasteiger charge is 2.10. The Labute approximate surface area is 121 Å². The van der Waals surface area contributed by atoms with Crippen molar-refractivity contribution < 1.29 is 0 Å². The molecule has 1 aromatic carbocycles. The first kappa shape index (κ1) is 13.8. The van der Waals surface area contributed by atoms with Gasteiger partial charge in [0.1, 0.15) is 5.84 Å². The van der Waals surface area contributed by atoms with Crippen LogP contribution < -0.4 is 10.6 Å². The van der Waals surface area contributed by atoms with Crippen molar-refractivity contribution in [2.75, 3.05) is 11.9 Å². The third kappa shape index (κ3) is 3.24. The third-order valence-corrected chi connectivity index (χ3v) is 3.86. The molecule has 0 saturated carbocycles. The van der Waals surface area contributed by atoms with E-state index < -0.39 is 0 Å². The molecule has 3 N–H and O–H groups in total. The molecule has 0 unspecified atom stereocenters. The normalized spacial score (nSPS) is 10.5. The molecule has 19 heavy (non-hydrogen) atoms. The second-order valence-electron chi connectivity index (χ2n) is 4.29. The van der Waals surface area contributed by atoms with Crippen LogP contribution in [-0.2, 0) is 6.54 Å². The molecule has 0 atom stereocenters. The molecule has 0 radical (unpaired) electrons. The van der Waals surface area contributed by atoms with Crippen molar-refractivity contribution in [1.82, 2.24) is 4.98 Å². The predicted molar refractivity (Wildman–Crippen MR) is 81.4 cm³/mol. The first-order chi connectivity index (χ1) is 8.97. The third-order valence-electron chi connectivity index (χ3n) is 2.74. The fourth-order valence-corrected chi connectivity index (χ4v) is 2.72. The summed E-state index contributed by atoms with van der Waals surface area (Å²) in [4.78, 5) is 6.46. The zero-order chi connectivity index (χ0) is 14.0. The molecule has 0 aliphatic carbocycles. The van der Waals surface area contributed by atoms with Crippen molar-refractivity contribution in [2.45, 2.75) is 13.5 Å². The Bertz CT molecular complexity index is 608. The van der Waals surface area contributed by atoms with Gasteiger partial charge in [0.15, 0.2) is 0 Å². The van der Waals surface area contributed by atoms with Crippen molar-refractivity contribution in [2.24, 2.45) is 5.73 Å². The molecule has 0 aliphatic rings. The highest BCUT2D eigenvalue weighted by Crippen LogP contribution is 2.27. The maximum atomic E-state index is 7.39. The lowest BCUT2D eigenvalue weighted by Gasteiger charge is -2.20. The number of halogens is 1. The molecule has 0 fully saturated rings. The Kier molecular flexibility index (Phi) is 4.07. The van der Waals surface area contributed by atoms with E-state index in [4.69, 9.17) is 22.7 Å². The van der Waals surface area contributed by atoms with E-state index in [-0.39, 0.29) is 5.84 Å². The summed E-state index contributed by atoms with van der Waals surface area (Å²) in [6.45, 7) is 2.69. The number of hydrogen-bond donors (Lipinski definition) is 2. The van der Waals surface area contributed by atoms with Crippen molar-refractivity contribution >= 4 is 34.5 Å². The number of aryl methyl sites for hydroxylation is 1. The summed E-state index contributed by atoms with van der Waals surface area (Å²) in [6.07, 6.45) is 0. The Morgan fingerprint density at radius 3 is 2.79 bits per heavy atom. The highest BCUT2D eigenvalue weighted by molar-refractivity contribution is 7.09. The lowest BCUT2D eigenvalue weighted by Crippen LogP contribution is -2.18. The second kappa shape index (κ2) is 5.59. The molecule has 1 aromatic heterocycles. The van der Waals surface area contributed by atoms with Crippen LogP contribution in [0, 0.1) is 12.3 Å². The van der Waals surface area contributed by atoms with Gasteiger partial charge in [-0.25, -0.2) is 4.98 Å². The monoisotopic (exact) mass is 294 g/mol. The molecular formula is C13H15ClN4S. The van der Waals surface area contributed by atoms with Gasteiger partial charge >= 0.3 is 0 Å². The summed E-state index contributed by atoms with van der Waals surface area (Å²) in [5.41, 5.74) is 7.99. The van der Waals surface area contributed by atoms with E-state index in [9.17, 15) is 0 Å². The zero-order valence-electron chi connectivity index (χ0n) is 10.8. The Balaban J connectivity index is 2.19. The van der Waals surface area contributed by atoms with E-state index in [1.54, 1.807) is 23.5 Å². The molecule has 0 spiro atoms. The molecule has 2 aromatic rings. The second-order valence-corrected chi connectivity index (χ2v) is 5.76. The molecular weight excluding hydrogens is 280 g/mol. The van der Waals surface area contributed by atoms with Crippen LogP contribution in [0.2, 0.25) is 5.02 Å². The van der Waals surface area contributed by atoms with Crippen LogP contribution in [0.15, 0.2) is 23.6 Å². The zero-order valence-corrected chi connectivity index (χ0v) is 12.3. The van der Waals surface area contributed by atoms with E-state index in [0.717, 1.165) is 16.4 Å². The number of anilines is 1. The van der Waals surface area contributed by atoms with Gasteiger partial charge in [0.2, 0.25) is 0 Å². The van der Waals surface area contributed by atoms with Gasteiger partial charge in [-0.15, -0.1) is 11.3 Å². The summed E-state index contributed by atoms with van der Waals surface area (Å²) in [5, 5.41) is 11.1. The Morgan fingerprint density at radius 2 is 2.26 bits per heavy atom. The maximum absolute atomic E-state index is 7.39. The van der Waals surface area contributed by atoms with Gasteiger partial charge in [-0.3, -0.25) is 5.41 Å². The van der Waals surface area contributed by atoms with E-state index in [1.807, 2.05) is 30.3 Å². The van der Waals surface area contributed by atoms with Crippen LogP contribution in [0.4, 0.5) is 5.69 Å². The first-order valence-electron chi connectivity index (χ1n) is 5.73. The van der Waals surface area contributed by atoms with Crippen LogP contribution >= 0.6 is 22.9 Å². The quantitative estimate of drug-likeness (QED) is 0.673. The number of rotatable bonds is 4. The summed E-state index contributed by atoms with van der Waals surface area (Å²) in [7, 11) is 1.96. The number of nitrogen functional groups attached to an aromatic ring is 1. The molecule has 0 bridgehead atoms. The number of nitrogens with one attached hydrogen (secondary N) is 1. The number of benzene rings is 1. The van der Waals surface area contributed by atoms with Gasteiger partial charge in [-0.1, -0.05) is 11.6 Å². The van der Waals surface area contributed by atoms with E-state index in [0.29, 0.717) is 17.1 Å². The Hall–Kier alpha value is -1.59. The molecule has 6 heteroatoms. The van der Waals surface area contributed by atoms with Gasteiger partial charge in [-0.2, -0.15) is 0 Å². The molecule has 1 heterocycles. The smallest absolute Gasteiger partial charge is 0.122 e. The molecule has 0 aliphatic heterocycles. The molecule has 2 rings (SSSR count). The average Bonchev–Trinajstić information content (AvgIpc) is 2.74. The van der Waals surface area contributed by atoms with Gasteiger partial charge in [0.25, 0.3) is 0 Å². The average molecular weight is 295 g/mol. The minimum Gasteiger partial charge on any atom is -0.384 e. The van der Waals surface area contributed by atoms with Crippen LogP contribution in [0.5, 0.6) is 0 Å². The van der Waals surface area contributed by atoms with Crippen LogP contribution in [0.3, 0.4) is 0 Å². The fraction of sp³-hybridized carbons (Fsp3) is 0.231. The van der Waals surface area contributed by atoms with Gasteiger partial charge in [0, 0.05) is 18.0 Å². The van der Waals surface area contributed by atoms with Gasteiger partial charge in [-0.05, 0) is 25.1 Å². The fourth-order valence-electron chi connectivity index (χ4n) is 1.79. The molecule has 4 nitrogen and oxygen atoms in total. The summed E-state index contributed by atoms with van der Waals surface area (Å²) in [5.74, 6) is 0.0197. The number of nitrogens with two attached hydrogens (primary N) is 1. The number of hydrogen-bond acceptors (Lipinski definition) is 4. The summed E-state index contributed by atoms with van der Waals surface area (Å²) >= 11 is 7.86.